The highest BCUT2D eigenvalue weighted by Crippen LogP contribution is 2.33. The van der Waals surface area contributed by atoms with Crippen LogP contribution < -0.4 is 15.0 Å². The zero-order valence-electron chi connectivity index (χ0n) is 17.1. The SMILES string of the molecule is O=Cc1ccc(OC(=O)c2ccc(NC3=C(Cl)C(=O)N(c4cc(Cl)cc(Cl)c4)C3=O)cc2)cc1. The summed E-state index contributed by atoms with van der Waals surface area (Å²) in [6, 6.07) is 16.4. The molecule has 0 aromatic heterocycles. The maximum Gasteiger partial charge on any atom is 0.343 e. The van der Waals surface area contributed by atoms with Crippen molar-refractivity contribution in [3.8, 4) is 5.75 Å². The summed E-state index contributed by atoms with van der Waals surface area (Å²) in [7, 11) is 0. The average molecular weight is 516 g/mol. The van der Waals surface area contributed by atoms with Crippen LogP contribution in [0.15, 0.2) is 77.5 Å². The quantitative estimate of drug-likeness (QED) is 0.203. The molecule has 10 heteroatoms. The number of benzene rings is 3. The van der Waals surface area contributed by atoms with Crippen LogP contribution in [-0.2, 0) is 9.59 Å². The number of nitrogens with one attached hydrogen (secondary N) is 1. The van der Waals surface area contributed by atoms with E-state index in [2.05, 4.69) is 5.32 Å². The third-order valence-electron chi connectivity index (χ3n) is 4.75. The van der Waals surface area contributed by atoms with Crippen molar-refractivity contribution in [3.63, 3.8) is 0 Å². The standard InChI is InChI=1S/C24H13Cl3N2O5/c25-15-9-16(26)11-18(10-15)29-22(31)20(27)21(23(29)32)28-17-5-3-14(4-6-17)24(33)34-19-7-1-13(12-30)2-8-19/h1-12,28H. The van der Waals surface area contributed by atoms with Crippen molar-refractivity contribution in [2.75, 3.05) is 10.2 Å². The van der Waals surface area contributed by atoms with Gasteiger partial charge in [-0.25, -0.2) is 9.69 Å². The molecule has 0 spiro atoms. The smallest absolute Gasteiger partial charge is 0.343 e. The summed E-state index contributed by atoms with van der Waals surface area (Å²) in [6.07, 6.45) is 0.686. The molecule has 0 fully saturated rings. The number of hydrogen-bond donors (Lipinski definition) is 1. The third kappa shape index (κ3) is 4.82. The van der Waals surface area contributed by atoms with Gasteiger partial charge in [0.25, 0.3) is 11.8 Å². The monoisotopic (exact) mass is 514 g/mol. The number of rotatable bonds is 6. The number of halogens is 3. The van der Waals surface area contributed by atoms with Gasteiger partial charge in [0.15, 0.2) is 0 Å². The average Bonchev–Trinajstić information content (AvgIpc) is 3.02. The Morgan fingerprint density at radius 3 is 2.06 bits per heavy atom. The van der Waals surface area contributed by atoms with E-state index in [0.717, 1.165) is 4.90 Å². The summed E-state index contributed by atoms with van der Waals surface area (Å²) in [5, 5.41) is 3.02. The number of esters is 1. The molecule has 0 atom stereocenters. The molecule has 0 saturated heterocycles. The fourth-order valence-electron chi connectivity index (χ4n) is 3.13. The third-order valence-corrected chi connectivity index (χ3v) is 5.54. The number of carbonyl (C=O) groups excluding carboxylic acids is 4. The van der Waals surface area contributed by atoms with Gasteiger partial charge in [-0.1, -0.05) is 34.8 Å². The van der Waals surface area contributed by atoms with Gasteiger partial charge < -0.3 is 10.1 Å². The van der Waals surface area contributed by atoms with Gasteiger partial charge in [0, 0.05) is 21.3 Å². The zero-order chi connectivity index (χ0) is 24.4. The summed E-state index contributed by atoms with van der Waals surface area (Å²) in [5.41, 5.74) is 1.16. The van der Waals surface area contributed by atoms with Gasteiger partial charge in [-0.15, -0.1) is 0 Å². The van der Waals surface area contributed by atoms with Gasteiger partial charge in [0.1, 0.15) is 22.8 Å². The van der Waals surface area contributed by atoms with Crippen molar-refractivity contribution in [2.45, 2.75) is 0 Å². The van der Waals surface area contributed by atoms with Crippen molar-refractivity contribution in [1.29, 1.82) is 0 Å². The Hall–Kier alpha value is -3.65. The number of aldehydes is 1. The van der Waals surface area contributed by atoms with Crippen LogP contribution in [0.1, 0.15) is 20.7 Å². The van der Waals surface area contributed by atoms with Crippen LogP contribution in [-0.4, -0.2) is 24.1 Å². The molecule has 3 aromatic carbocycles. The molecular weight excluding hydrogens is 503 g/mol. The summed E-state index contributed by atoms with van der Waals surface area (Å²) >= 11 is 18.1. The number of ether oxygens (including phenoxy) is 1. The van der Waals surface area contributed by atoms with E-state index >= 15 is 0 Å². The second-order valence-electron chi connectivity index (χ2n) is 7.04. The first-order valence-electron chi connectivity index (χ1n) is 9.66. The Balaban J connectivity index is 1.48. The fraction of sp³-hybridized carbons (Fsp3) is 0. The van der Waals surface area contributed by atoms with Crippen LogP contribution in [0.3, 0.4) is 0 Å². The molecule has 1 aliphatic rings. The van der Waals surface area contributed by atoms with Crippen LogP contribution >= 0.6 is 34.8 Å². The minimum Gasteiger partial charge on any atom is -0.423 e. The van der Waals surface area contributed by atoms with E-state index in [1.165, 1.54) is 66.7 Å². The summed E-state index contributed by atoms with van der Waals surface area (Å²) in [5.74, 6) is -1.74. The number of hydrogen-bond acceptors (Lipinski definition) is 6. The van der Waals surface area contributed by atoms with Crippen molar-refractivity contribution in [2.24, 2.45) is 0 Å². The lowest BCUT2D eigenvalue weighted by atomic mass is 10.2. The zero-order valence-corrected chi connectivity index (χ0v) is 19.3. The van der Waals surface area contributed by atoms with Crippen LogP contribution in [0.25, 0.3) is 0 Å². The highest BCUT2D eigenvalue weighted by atomic mass is 35.5. The number of anilines is 2. The predicted octanol–water partition coefficient (Wildman–Crippen LogP) is 5.46. The summed E-state index contributed by atoms with van der Waals surface area (Å²) < 4.78 is 5.27. The Morgan fingerprint density at radius 2 is 1.47 bits per heavy atom. The molecular formula is C24H13Cl3N2O5. The van der Waals surface area contributed by atoms with Crippen molar-refractivity contribution in [3.05, 3.63) is 98.6 Å². The van der Waals surface area contributed by atoms with Gasteiger partial charge in [-0.2, -0.15) is 0 Å². The Bertz CT molecular complexity index is 1330. The second kappa shape index (κ2) is 9.69. The molecule has 1 aliphatic heterocycles. The van der Waals surface area contributed by atoms with Crippen molar-refractivity contribution >= 4 is 70.2 Å². The molecule has 0 bridgehead atoms. The molecule has 34 heavy (non-hydrogen) atoms. The van der Waals surface area contributed by atoms with Gasteiger partial charge in [-0.3, -0.25) is 14.4 Å². The molecule has 0 aliphatic carbocycles. The van der Waals surface area contributed by atoms with E-state index in [0.29, 0.717) is 17.5 Å². The number of imide groups is 1. The minimum atomic E-state index is -0.728. The summed E-state index contributed by atoms with van der Waals surface area (Å²) in [4.78, 5) is 49.4. The van der Waals surface area contributed by atoms with E-state index in [1.807, 2.05) is 0 Å². The lowest BCUT2D eigenvalue weighted by molar-refractivity contribution is -0.120. The van der Waals surface area contributed by atoms with Gasteiger partial charge >= 0.3 is 5.97 Å². The van der Waals surface area contributed by atoms with E-state index in [1.54, 1.807) is 0 Å². The van der Waals surface area contributed by atoms with Crippen LogP contribution in [0.2, 0.25) is 10.0 Å². The van der Waals surface area contributed by atoms with Crippen LogP contribution in [0.4, 0.5) is 11.4 Å². The predicted molar refractivity (Wildman–Crippen MR) is 129 cm³/mol. The lowest BCUT2D eigenvalue weighted by Crippen LogP contribution is -2.32. The Labute approximate surface area is 208 Å². The topological polar surface area (TPSA) is 92.8 Å². The molecule has 7 nitrogen and oxygen atoms in total. The molecule has 1 N–H and O–H groups in total. The molecule has 3 aromatic rings. The maximum absolute atomic E-state index is 12.9. The molecule has 4 rings (SSSR count). The minimum absolute atomic E-state index is 0.131. The number of amides is 2. The molecule has 0 saturated carbocycles. The van der Waals surface area contributed by atoms with Crippen molar-refractivity contribution < 1.29 is 23.9 Å². The fourth-order valence-corrected chi connectivity index (χ4v) is 3.86. The van der Waals surface area contributed by atoms with Crippen LogP contribution in [0.5, 0.6) is 5.75 Å². The van der Waals surface area contributed by atoms with E-state index in [-0.39, 0.29) is 37.8 Å². The number of carbonyl (C=O) groups is 4. The van der Waals surface area contributed by atoms with Crippen LogP contribution in [0, 0.1) is 0 Å². The van der Waals surface area contributed by atoms with E-state index in [9.17, 15) is 19.2 Å². The van der Waals surface area contributed by atoms with Gasteiger partial charge in [0.2, 0.25) is 0 Å². The molecule has 0 unspecified atom stereocenters. The normalized spacial score (nSPS) is 13.3. The second-order valence-corrected chi connectivity index (χ2v) is 8.29. The highest BCUT2D eigenvalue weighted by Gasteiger charge is 2.39. The molecule has 2 amide bonds. The van der Waals surface area contributed by atoms with E-state index < -0.39 is 17.8 Å². The maximum atomic E-state index is 12.9. The molecule has 170 valence electrons. The molecule has 0 radical (unpaired) electrons. The number of nitrogens with zero attached hydrogens (tertiary/aromatic N) is 1. The Kier molecular flexibility index (Phi) is 6.70. The first kappa shape index (κ1) is 23.5. The largest absolute Gasteiger partial charge is 0.423 e. The van der Waals surface area contributed by atoms with Crippen molar-refractivity contribution in [1.82, 2.24) is 0 Å². The van der Waals surface area contributed by atoms with Gasteiger partial charge in [-0.05, 0) is 66.7 Å². The molecule has 1 heterocycles. The lowest BCUT2D eigenvalue weighted by Gasteiger charge is -2.16. The summed E-state index contributed by atoms with van der Waals surface area (Å²) in [6.45, 7) is 0. The van der Waals surface area contributed by atoms with Gasteiger partial charge in [0.05, 0.1) is 11.3 Å². The Morgan fingerprint density at radius 1 is 0.853 bits per heavy atom. The van der Waals surface area contributed by atoms with E-state index in [4.69, 9.17) is 39.5 Å². The first-order chi connectivity index (χ1) is 16.3. The highest BCUT2D eigenvalue weighted by molar-refractivity contribution is 6.53. The first-order valence-corrected chi connectivity index (χ1v) is 10.8.